The molecule has 37 heavy (non-hydrogen) atoms. The summed E-state index contributed by atoms with van der Waals surface area (Å²) in [7, 11) is 1.59. The summed E-state index contributed by atoms with van der Waals surface area (Å²) in [6.07, 6.45) is -6.99. The predicted octanol–water partition coefficient (Wildman–Crippen LogP) is 5.95. The van der Waals surface area contributed by atoms with Crippen molar-refractivity contribution in [3.63, 3.8) is 0 Å². The molecule has 4 aliphatic rings. The summed E-state index contributed by atoms with van der Waals surface area (Å²) in [5.74, 6) is -0.400. The number of fused-ring (bicyclic) bond motifs is 3. The van der Waals surface area contributed by atoms with Gasteiger partial charge in [-0.05, 0) is 74.1 Å². The average molecular weight is 533 g/mol. The van der Waals surface area contributed by atoms with E-state index in [-0.39, 0.29) is 6.10 Å². The number of carbonyl (C=O) groups excluding carboxylic acids is 1. The van der Waals surface area contributed by atoms with E-state index in [1.165, 1.54) is 0 Å². The van der Waals surface area contributed by atoms with Gasteiger partial charge in [-0.25, -0.2) is 0 Å². The molecule has 0 aromatic heterocycles. The van der Waals surface area contributed by atoms with Crippen LogP contribution in [0.2, 0.25) is 0 Å². The molecule has 5 nitrogen and oxygen atoms in total. The molecule has 1 heterocycles. The van der Waals surface area contributed by atoms with Crippen LogP contribution in [0.15, 0.2) is 23.2 Å². The smallest absolute Gasteiger partial charge is 0.406 e. The zero-order valence-electron chi connectivity index (χ0n) is 20.6. The van der Waals surface area contributed by atoms with E-state index in [1.54, 1.807) is 19.2 Å². The maximum Gasteiger partial charge on any atom is 0.406 e. The molecule has 3 aliphatic carbocycles. The number of alkyl halides is 6. The molecule has 204 valence electrons. The number of halogens is 6. The Morgan fingerprint density at radius 2 is 1.76 bits per heavy atom. The number of rotatable bonds is 7. The molecule has 0 bridgehead atoms. The first-order valence-corrected chi connectivity index (χ1v) is 12.7. The fourth-order valence-electron chi connectivity index (χ4n) is 6.25. The third-order valence-corrected chi connectivity index (χ3v) is 8.31. The molecule has 0 saturated heterocycles. The molecular formula is C26H30F6N2O3. The molecule has 1 aliphatic heterocycles. The highest BCUT2D eigenvalue weighted by molar-refractivity contribution is 6.10. The number of aliphatic imine (C=N–C) groups is 1. The van der Waals surface area contributed by atoms with Crippen LogP contribution in [0.5, 0.6) is 5.75 Å². The SMILES string of the molecule is COC1CCC2(CC1)Cc1ccc(OCC3CC3)cc1C21N=C(CCC(F)(F)F)N(CC(F)(F)F)C1=O. The molecule has 1 amide bonds. The van der Waals surface area contributed by atoms with Crippen LogP contribution >= 0.6 is 0 Å². The summed E-state index contributed by atoms with van der Waals surface area (Å²) < 4.78 is 91.4. The van der Waals surface area contributed by atoms with E-state index in [9.17, 15) is 31.1 Å². The lowest BCUT2D eigenvalue weighted by Gasteiger charge is -2.45. The second-order valence-electron chi connectivity index (χ2n) is 10.8. The van der Waals surface area contributed by atoms with Crippen LogP contribution in [-0.2, 0) is 21.5 Å². The maximum absolute atomic E-state index is 14.1. The van der Waals surface area contributed by atoms with E-state index < -0.39 is 54.4 Å². The number of ether oxygens (including phenoxy) is 2. The largest absolute Gasteiger partial charge is 0.493 e. The monoisotopic (exact) mass is 532 g/mol. The highest BCUT2D eigenvalue weighted by atomic mass is 19.4. The van der Waals surface area contributed by atoms with Crippen molar-refractivity contribution in [2.45, 2.75) is 81.8 Å². The number of amidine groups is 1. The van der Waals surface area contributed by atoms with Crippen LogP contribution < -0.4 is 4.74 Å². The van der Waals surface area contributed by atoms with E-state index >= 15 is 0 Å². The van der Waals surface area contributed by atoms with Gasteiger partial charge in [-0.15, -0.1) is 0 Å². The summed E-state index contributed by atoms with van der Waals surface area (Å²) in [5.41, 5.74) is -1.33. The average Bonchev–Trinajstić information content (AvgIpc) is 3.57. The minimum atomic E-state index is -4.79. The van der Waals surface area contributed by atoms with Crippen molar-refractivity contribution in [1.29, 1.82) is 0 Å². The third kappa shape index (κ3) is 4.95. The first-order chi connectivity index (χ1) is 17.4. The lowest BCUT2D eigenvalue weighted by atomic mass is 9.61. The second kappa shape index (κ2) is 9.17. The van der Waals surface area contributed by atoms with E-state index in [4.69, 9.17) is 9.47 Å². The third-order valence-electron chi connectivity index (χ3n) is 8.31. The molecule has 1 aromatic carbocycles. The molecule has 11 heteroatoms. The number of hydrogen-bond donors (Lipinski definition) is 0. The first-order valence-electron chi connectivity index (χ1n) is 12.7. The Bertz CT molecular complexity index is 1070. The van der Waals surface area contributed by atoms with Gasteiger partial charge in [-0.1, -0.05) is 6.07 Å². The fraction of sp³-hybridized carbons (Fsp3) is 0.692. The van der Waals surface area contributed by atoms with Crippen molar-refractivity contribution in [1.82, 2.24) is 4.90 Å². The summed E-state index contributed by atoms with van der Waals surface area (Å²) in [6.45, 7) is -1.17. The van der Waals surface area contributed by atoms with Gasteiger partial charge in [0, 0.05) is 18.9 Å². The molecule has 1 atom stereocenters. The molecule has 2 fully saturated rings. The quantitative estimate of drug-likeness (QED) is 0.408. The van der Waals surface area contributed by atoms with E-state index in [1.807, 2.05) is 6.07 Å². The summed E-state index contributed by atoms with van der Waals surface area (Å²) in [4.78, 5) is 19.1. The van der Waals surface area contributed by atoms with Gasteiger partial charge < -0.3 is 9.47 Å². The van der Waals surface area contributed by atoms with Crippen molar-refractivity contribution in [2.75, 3.05) is 20.3 Å². The first kappa shape index (κ1) is 26.3. The fourth-order valence-corrected chi connectivity index (χ4v) is 6.25. The lowest BCUT2D eigenvalue weighted by molar-refractivity contribution is -0.158. The van der Waals surface area contributed by atoms with E-state index in [0.717, 1.165) is 18.4 Å². The molecule has 1 unspecified atom stereocenters. The maximum atomic E-state index is 14.1. The van der Waals surface area contributed by atoms with Gasteiger partial charge in [0.25, 0.3) is 5.91 Å². The van der Waals surface area contributed by atoms with Crippen LogP contribution in [0.4, 0.5) is 26.3 Å². The van der Waals surface area contributed by atoms with Crippen molar-refractivity contribution in [3.8, 4) is 5.75 Å². The summed E-state index contributed by atoms with van der Waals surface area (Å²) in [6, 6.07) is 5.28. The zero-order valence-corrected chi connectivity index (χ0v) is 20.6. The number of benzene rings is 1. The van der Waals surface area contributed by atoms with Crippen LogP contribution in [0.25, 0.3) is 0 Å². The van der Waals surface area contributed by atoms with Crippen LogP contribution in [0.3, 0.4) is 0 Å². The van der Waals surface area contributed by atoms with Gasteiger partial charge in [0.05, 0.1) is 19.1 Å². The zero-order chi connectivity index (χ0) is 26.6. The van der Waals surface area contributed by atoms with Crippen LogP contribution in [0.1, 0.15) is 62.5 Å². The Balaban J connectivity index is 1.60. The Morgan fingerprint density at radius 1 is 1.05 bits per heavy atom. The van der Waals surface area contributed by atoms with Crippen LogP contribution in [-0.4, -0.2) is 55.4 Å². The van der Waals surface area contributed by atoms with Gasteiger partial charge in [0.15, 0.2) is 5.54 Å². The van der Waals surface area contributed by atoms with Crippen molar-refractivity contribution >= 4 is 11.7 Å². The van der Waals surface area contributed by atoms with E-state index in [2.05, 4.69) is 4.99 Å². The van der Waals surface area contributed by atoms with Gasteiger partial charge >= 0.3 is 12.4 Å². The topological polar surface area (TPSA) is 51.1 Å². The number of carbonyl (C=O) groups is 1. The molecular weight excluding hydrogens is 502 g/mol. The molecule has 0 radical (unpaired) electrons. The van der Waals surface area contributed by atoms with Gasteiger partial charge in [0.2, 0.25) is 0 Å². The van der Waals surface area contributed by atoms with Gasteiger partial charge in [0.1, 0.15) is 18.1 Å². The van der Waals surface area contributed by atoms with Crippen molar-refractivity contribution in [2.24, 2.45) is 16.3 Å². The van der Waals surface area contributed by atoms with Crippen molar-refractivity contribution in [3.05, 3.63) is 29.3 Å². The highest BCUT2D eigenvalue weighted by Crippen LogP contribution is 2.62. The minimum absolute atomic E-state index is 0.0553. The highest BCUT2D eigenvalue weighted by Gasteiger charge is 2.67. The molecule has 2 spiro atoms. The normalized spacial score (nSPS) is 29.8. The molecule has 5 rings (SSSR count). The number of hydrogen-bond acceptors (Lipinski definition) is 4. The van der Waals surface area contributed by atoms with Crippen molar-refractivity contribution < 1.29 is 40.6 Å². The molecule has 2 saturated carbocycles. The minimum Gasteiger partial charge on any atom is -0.493 e. The predicted molar refractivity (Wildman–Crippen MR) is 122 cm³/mol. The second-order valence-corrected chi connectivity index (χ2v) is 10.8. The summed E-state index contributed by atoms with van der Waals surface area (Å²) in [5, 5.41) is 0. The van der Waals surface area contributed by atoms with Gasteiger partial charge in [-0.3, -0.25) is 14.7 Å². The van der Waals surface area contributed by atoms with E-state index in [0.29, 0.717) is 60.8 Å². The lowest BCUT2D eigenvalue weighted by Crippen LogP contribution is -2.53. The number of amides is 1. The molecule has 0 N–H and O–H groups in total. The standard InChI is InChI=1S/C26H30F6N2O3/c1-36-18-6-9-23(10-7-18)13-17-4-5-19(37-14-16-2-3-16)12-20(17)26(23)22(35)34(15-25(30,31)32)21(33-26)8-11-24(27,28)29/h4-5,12,16,18H,2-3,6-11,13-15H2,1H3. The Kier molecular flexibility index (Phi) is 6.52. The molecule has 1 aromatic rings. The Hall–Kier alpha value is -2.30. The Morgan fingerprint density at radius 3 is 2.35 bits per heavy atom. The summed E-state index contributed by atoms with van der Waals surface area (Å²) >= 11 is 0. The number of methoxy groups -OCH3 is 1. The van der Waals surface area contributed by atoms with Crippen LogP contribution in [0, 0.1) is 11.3 Å². The Labute approximate surface area is 211 Å². The number of nitrogens with zero attached hydrogens (tertiary/aromatic N) is 2. The van der Waals surface area contributed by atoms with Gasteiger partial charge in [-0.2, -0.15) is 26.3 Å².